The van der Waals surface area contributed by atoms with Crippen LogP contribution in [0.1, 0.15) is 29.1 Å². The van der Waals surface area contributed by atoms with Crippen molar-refractivity contribution in [2.24, 2.45) is 0 Å². The largest absolute Gasteiger partial charge is 0.491 e. The lowest BCUT2D eigenvalue weighted by Gasteiger charge is -2.26. The van der Waals surface area contributed by atoms with Gasteiger partial charge in [0.15, 0.2) is 5.76 Å². The molecule has 0 radical (unpaired) electrons. The van der Waals surface area contributed by atoms with E-state index in [0.717, 1.165) is 11.3 Å². The molecule has 4 heteroatoms. The molecule has 0 saturated carbocycles. The predicted molar refractivity (Wildman–Crippen MR) is 70.1 cm³/mol. The Hall–Kier alpha value is -2.23. The van der Waals surface area contributed by atoms with Gasteiger partial charge in [0.2, 0.25) is 0 Å². The number of amides is 1. The number of carbonyl (C=O) groups is 1. The second kappa shape index (κ2) is 4.80. The van der Waals surface area contributed by atoms with Crippen LogP contribution in [0.5, 0.6) is 5.75 Å². The van der Waals surface area contributed by atoms with Gasteiger partial charge >= 0.3 is 0 Å². The first-order valence-electron chi connectivity index (χ1n) is 6.33. The maximum Gasteiger partial charge on any atom is 0.290 e. The van der Waals surface area contributed by atoms with Gasteiger partial charge in [-0.25, -0.2) is 0 Å². The van der Waals surface area contributed by atoms with Gasteiger partial charge in [-0.1, -0.05) is 18.2 Å². The normalized spacial score (nSPS) is 18.4. The highest BCUT2D eigenvalue weighted by Gasteiger charge is 2.28. The summed E-state index contributed by atoms with van der Waals surface area (Å²) >= 11 is 0. The summed E-state index contributed by atoms with van der Waals surface area (Å²) in [7, 11) is 0. The molecule has 2 heterocycles. The van der Waals surface area contributed by atoms with Crippen LogP contribution in [-0.2, 0) is 0 Å². The minimum absolute atomic E-state index is 0.0312. The molecule has 0 fully saturated rings. The highest BCUT2D eigenvalue weighted by Crippen LogP contribution is 2.32. The van der Waals surface area contributed by atoms with Crippen molar-refractivity contribution in [3.8, 4) is 5.75 Å². The van der Waals surface area contributed by atoms with E-state index in [2.05, 4.69) is 0 Å². The highest BCUT2D eigenvalue weighted by molar-refractivity contribution is 5.91. The lowest BCUT2D eigenvalue weighted by atomic mass is 10.1. The van der Waals surface area contributed by atoms with Gasteiger partial charge < -0.3 is 14.1 Å². The van der Waals surface area contributed by atoms with Gasteiger partial charge in [-0.15, -0.1) is 0 Å². The Morgan fingerprint density at radius 3 is 2.89 bits per heavy atom. The van der Waals surface area contributed by atoms with Crippen LogP contribution >= 0.6 is 0 Å². The third-order valence-electron chi connectivity index (χ3n) is 3.42. The highest BCUT2D eigenvalue weighted by atomic mass is 16.5. The van der Waals surface area contributed by atoms with Crippen molar-refractivity contribution >= 4 is 5.91 Å². The van der Waals surface area contributed by atoms with Crippen molar-refractivity contribution in [1.29, 1.82) is 0 Å². The van der Waals surface area contributed by atoms with E-state index in [9.17, 15) is 4.79 Å². The molecule has 0 saturated heterocycles. The summed E-state index contributed by atoms with van der Waals surface area (Å²) in [5.74, 6) is 1.12. The molecule has 1 aromatic carbocycles. The Balaban J connectivity index is 1.94. The first-order valence-corrected chi connectivity index (χ1v) is 6.33. The van der Waals surface area contributed by atoms with Gasteiger partial charge in [-0.2, -0.15) is 0 Å². The fourth-order valence-corrected chi connectivity index (χ4v) is 2.39. The number of para-hydroxylation sites is 1. The maximum atomic E-state index is 12.4. The molecule has 1 unspecified atom stereocenters. The molecule has 1 atom stereocenters. The lowest BCUT2D eigenvalue weighted by Crippen LogP contribution is -2.34. The van der Waals surface area contributed by atoms with E-state index in [1.807, 2.05) is 31.2 Å². The molecule has 0 N–H and O–H groups in total. The molecule has 1 aliphatic heterocycles. The molecule has 1 amide bonds. The fourth-order valence-electron chi connectivity index (χ4n) is 2.39. The molecule has 0 aliphatic carbocycles. The van der Waals surface area contributed by atoms with Crippen LogP contribution in [0.2, 0.25) is 0 Å². The maximum absolute atomic E-state index is 12.4. The average molecular weight is 257 g/mol. The van der Waals surface area contributed by atoms with Crippen LogP contribution in [0.4, 0.5) is 0 Å². The van der Waals surface area contributed by atoms with Gasteiger partial charge in [-0.3, -0.25) is 4.79 Å². The van der Waals surface area contributed by atoms with Crippen LogP contribution in [0, 0.1) is 0 Å². The van der Waals surface area contributed by atoms with Crippen molar-refractivity contribution in [2.75, 3.05) is 13.2 Å². The lowest BCUT2D eigenvalue weighted by molar-refractivity contribution is 0.0649. The predicted octanol–water partition coefficient (Wildman–Crippen LogP) is 2.88. The van der Waals surface area contributed by atoms with E-state index in [1.165, 1.54) is 6.26 Å². The van der Waals surface area contributed by atoms with E-state index in [4.69, 9.17) is 9.15 Å². The molecule has 0 spiro atoms. The second-order valence-electron chi connectivity index (χ2n) is 4.54. The van der Waals surface area contributed by atoms with Crippen LogP contribution in [0.25, 0.3) is 0 Å². The summed E-state index contributed by atoms with van der Waals surface area (Å²) in [6.45, 7) is 3.05. The second-order valence-corrected chi connectivity index (χ2v) is 4.54. The van der Waals surface area contributed by atoms with Crippen LogP contribution in [0.3, 0.4) is 0 Å². The molecule has 98 valence electrons. The number of ether oxygens (including phenoxy) is 1. The van der Waals surface area contributed by atoms with Gasteiger partial charge in [0.1, 0.15) is 12.4 Å². The van der Waals surface area contributed by atoms with E-state index in [1.54, 1.807) is 17.0 Å². The SMILES string of the molecule is CC1c2ccccc2OCCN1C(=O)c1ccco1. The molecular formula is C15H15NO3. The molecule has 19 heavy (non-hydrogen) atoms. The van der Waals surface area contributed by atoms with E-state index < -0.39 is 0 Å². The zero-order valence-electron chi connectivity index (χ0n) is 10.7. The number of benzene rings is 1. The van der Waals surface area contributed by atoms with Crippen LogP contribution < -0.4 is 4.74 Å². The topological polar surface area (TPSA) is 42.7 Å². The van der Waals surface area contributed by atoms with Crippen LogP contribution in [-0.4, -0.2) is 24.0 Å². The van der Waals surface area contributed by atoms with Gasteiger partial charge in [0, 0.05) is 5.56 Å². The number of nitrogens with zero attached hydrogens (tertiary/aromatic N) is 1. The number of rotatable bonds is 1. The zero-order valence-corrected chi connectivity index (χ0v) is 10.7. The Morgan fingerprint density at radius 2 is 2.11 bits per heavy atom. The molecule has 1 aromatic heterocycles. The van der Waals surface area contributed by atoms with E-state index >= 15 is 0 Å². The summed E-state index contributed by atoms with van der Waals surface area (Å²) in [4.78, 5) is 14.2. The number of carbonyl (C=O) groups excluding carboxylic acids is 1. The molecule has 4 nitrogen and oxygen atoms in total. The Kier molecular flexibility index (Phi) is 2.99. The first kappa shape index (κ1) is 11.8. The minimum atomic E-state index is -0.0993. The molecule has 0 bridgehead atoms. The fraction of sp³-hybridized carbons (Fsp3) is 0.267. The van der Waals surface area contributed by atoms with Gasteiger partial charge in [0.05, 0.1) is 18.8 Å². The Morgan fingerprint density at radius 1 is 1.26 bits per heavy atom. The minimum Gasteiger partial charge on any atom is -0.491 e. The Labute approximate surface area is 111 Å². The summed E-state index contributed by atoms with van der Waals surface area (Å²) < 4.78 is 10.9. The Bertz CT molecular complexity index is 577. The number of fused-ring (bicyclic) bond motifs is 1. The third-order valence-corrected chi connectivity index (χ3v) is 3.42. The standard InChI is InChI=1S/C15H15NO3/c1-11-12-5-2-3-6-13(12)19-10-8-16(11)15(17)14-7-4-9-18-14/h2-7,9,11H,8,10H2,1H3. The van der Waals surface area contributed by atoms with E-state index in [0.29, 0.717) is 18.9 Å². The average Bonchev–Trinajstić information content (AvgIpc) is 2.91. The third kappa shape index (κ3) is 2.10. The molecule has 1 aliphatic rings. The summed E-state index contributed by atoms with van der Waals surface area (Å²) in [6, 6.07) is 11.2. The summed E-state index contributed by atoms with van der Waals surface area (Å²) in [5.41, 5.74) is 1.03. The quantitative estimate of drug-likeness (QED) is 0.789. The van der Waals surface area contributed by atoms with Gasteiger partial charge in [-0.05, 0) is 25.1 Å². The smallest absolute Gasteiger partial charge is 0.290 e. The zero-order chi connectivity index (χ0) is 13.2. The molecular weight excluding hydrogens is 242 g/mol. The van der Waals surface area contributed by atoms with Crippen molar-refractivity contribution in [3.63, 3.8) is 0 Å². The monoisotopic (exact) mass is 257 g/mol. The number of hydrogen-bond acceptors (Lipinski definition) is 3. The van der Waals surface area contributed by atoms with Crippen LogP contribution in [0.15, 0.2) is 47.1 Å². The molecule has 2 aromatic rings. The van der Waals surface area contributed by atoms with Crippen molar-refractivity contribution < 1.29 is 13.9 Å². The summed E-state index contributed by atoms with van der Waals surface area (Å²) in [6.07, 6.45) is 1.51. The number of hydrogen-bond donors (Lipinski definition) is 0. The van der Waals surface area contributed by atoms with Crippen molar-refractivity contribution in [3.05, 3.63) is 54.0 Å². The molecule has 3 rings (SSSR count). The van der Waals surface area contributed by atoms with Gasteiger partial charge in [0.25, 0.3) is 5.91 Å². The van der Waals surface area contributed by atoms with Crippen molar-refractivity contribution in [1.82, 2.24) is 4.90 Å². The first-order chi connectivity index (χ1) is 9.27. The summed E-state index contributed by atoms with van der Waals surface area (Å²) in [5, 5.41) is 0. The number of furan rings is 1. The van der Waals surface area contributed by atoms with E-state index in [-0.39, 0.29) is 11.9 Å². The van der Waals surface area contributed by atoms with Crippen molar-refractivity contribution in [2.45, 2.75) is 13.0 Å².